The number of piperidine rings is 1. The summed E-state index contributed by atoms with van der Waals surface area (Å²) in [5, 5.41) is 3.45. The number of nitrogens with two attached hydrogens (primary N) is 1. The number of nitrogens with one attached hydrogen (secondary N) is 1. The highest BCUT2D eigenvalue weighted by Gasteiger charge is 2.26. The number of hydrogen-bond donors (Lipinski definition) is 2. The quantitative estimate of drug-likeness (QED) is 0.540. The van der Waals surface area contributed by atoms with E-state index in [1.807, 2.05) is 0 Å². The Kier molecular flexibility index (Phi) is 8.00. The second kappa shape index (κ2) is 10.00. The molecule has 2 heterocycles. The second-order valence-electron chi connectivity index (χ2n) is 8.00. The van der Waals surface area contributed by atoms with E-state index in [0.29, 0.717) is 24.3 Å². The van der Waals surface area contributed by atoms with Gasteiger partial charge in [-0.1, -0.05) is 13.8 Å². The van der Waals surface area contributed by atoms with Crippen molar-refractivity contribution in [1.29, 1.82) is 0 Å². The van der Waals surface area contributed by atoms with Crippen molar-refractivity contribution < 1.29 is 4.79 Å². The molecular formula is C19H37N5O. The third kappa shape index (κ3) is 6.49. The minimum Gasteiger partial charge on any atom is -0.370 e. The van der Waals surface area contributed by atoms with Crippen molar-refractivity contribution in [1.82, 2.24) is 15.1 Å². The van der Waals surface area contributed by atoms with E-state index in [0.717, 1.165) is 45.0 Å². The predicted molar refractivity (Wildman–Crippen MR) is 104 cm³/mol. The third-order valence-corrected chi connectivity index (χ3v) is 5.19. The Morgan fingerprint density at radius 3 is 2.72 bits per heavy atom. The number of primary amides is 1. The van der Waals surface area contributed by atoms with Crippen molar-refractivity contribution in [2.75, 3.05) is 39.3 Å². The fraction of sp³-hybridized carbons (Fsp3) is 0.895. The first-order chi connectivity index (χ1) is 12.0. The van der Waals surface area contributed by atoms with Crippen LogP contribution in [0.3, 0.4) is 0 Å². The number of carbonyl (C=O) groups excluding carboxylic acids is 1. The van der Waals surface area contributed by atoms with Crippen LogP contribution in [0.1, 0.15) is 52.9 Å². The van der Waals surface area contributed by atoms with Crippen molar-refractivity contribution in [3.8, 4) is 0 Å². The lowest BCUT2D eigenvalue weighted by atomic mass is 9.95. The van der Waals surface area contributed by atoms with Crippen molar-refractivity contribution >= 4 is 11.9 Å². The molecule has 0 aromatic rings. The SMILES string of the molecule is CCNC(=NC[C@H]1CCCN1CC(C)C)N1CCCC(CC(N)=O)C1. The topological polar surface area (TPSA) is 74.0 Å². The van der Waals surface area contributed by atoms with E-state index in [9.17, 15) is 4.79 Å². The van der Waals surface area contributed by atoms with Gasteiger partial charge >= 0.3 is 0 Å². The zero-order chi connectivity index (χ0) is 18.2. The first kappa shape index (κ1) is 20.0. The first-order valence-electron chi connectivity index (χ1n) is 10.0. The lowest BCUT2D eigenvalue weighted by Crippen LogP contribution is -2.47. The molecule has 144 valence electrons. The summed E-state index contributed by atoms with van der Waals surface area (Å²) in [5.74, 6) is 1.88. The molecule has 25 heavy (non-hydrogen) atoms. The fourth-order valence-electron chi connectivity index (χ4n) is 4.14. The maximum atomic E-state index is 11.2. The van der Waals surface area contributed by atoms with E-state index in [-0.39, 0.29) is 5.91 Å². The van der Waals surface area contributed by atoms with Crippen molar-refractivity contribution in [2.24, 2.45) is 22.6 Å². The van der Waals surface area contributed by atoms with Gasteiger partial charge in [-0.25, -0.2) is 0 Å². The van der Waals surface area contributed by atoms with E-state index >= 15 is 0 Å². The Morgan fingerprint density at radius 1 is 1.28 bits per heavy atom. The molecule has 0 aromatic carbocycles. The minimum atomic E-state index is -0.191. The molecule has 6 nitrogen and oxygen atoms in total. The minimum absolute atomic E-state index is 0.191. The Bertz CT molecular complexity index is 451. The molecule has 2 fully saturated rings. The van der Waals surface area contributed by atoms with Crippen LogP contribution in [0.4, 0.5) is 0 Å². The van der Waals surface area contributed by atoms with E-state index in [1.54, 1.807) is 0 Å². The molecule has 2 aliphatic rings. The van der Waals surface area contributed by atoms with Crippen LogP contribution >= 0.6 is 0 Å². The summed E-state index contributed by atoms with van der Waals surface area (Å²) in [4.78, 5) is 21.1. The van der Waals surface area contributed by atoms with Crippen molar-refractivity contribution in [3.63, 3.8) is 0 Å². The van der Waals surface area contributed by atoms with Gasteiger partial charge in [-0.2, -0.15) is 0 Å². The fourth-order valence-corrected chi connectivity index (χ4v) is 4.14. The number of likely N-dealkylation sites (tertiary alicyclic amines) is 2. The molecule has 0 spiro atoms. The van der Waals surface area contributed by atoms with Crippen LogP contribution in [-0.2, 0) is 4.79 Å². The summed E-state index contributed by atoms with van der Waals surface area (Å²) < 4.78 is 0. The summed E-state index contributed by atoms with van der Waals surface area (Å²) in [5.41, 5.74) is 5.39. The van der Waals surface area contributed by atoms with Gasteiger partial charge in [0.05, 0.1) is 6.54 Å². The first-order valence-corrected chi connectivity index (χ1v) is 10.0. The Hall–Kier alpha value is -1.30. The average Bonchev–Trinajstić information content (AvgIpc) is 2.97. The highest BCUT2D eigenvalue weighted by atomic mass is 16.1. The van der Waals surface area contributed by atoms with Gasteiger partial charge in [0.15, 0.2) is 5.96 Å². The molecule has 0 saturated carbocycles. The molecule has 1 amide bonds. The normalized spacial score (nSPS) is 25.6. The number of aliphatic imine (C=N–C) groups is 1. The molecule has 0 aromatic heterocycles. The summed E-state index contributed by atoms with van der Waals surface area (Å²) >= 11 is 0. The highest BCUT2D eigenvalue weighted by Crippen LogP contribution is 2.21. The molecule has 2 atom stereocenters. The predicted octanol–water partition coefficient (Wildman–Crippen LogP) is 1.66. The van der Waals surface area contributed by atoms with Crippen molar-refractivity contribution in [3.05, 3.63) is 0 Å². The maximum absolute atomic E-state index is 11.2. The second-order valence-corrected chi connectivity index (χ2v) is 8.00. The van der Waals surface area contributed by atoms with Gasteiger partial charge in [0.2, 0.25) is 5.91 Å². The lowest BCUT2D eigenvalue weighted by Gasteiger charge is -2.35. The zero-order valence-electron chi connectivity index (χ0n) is 16.3. The third-order valence-electron chi connectivity index (χ3n) is 5.19. The van der Waals surface area contributed by atoms with E-state index < -0.39 is 0 Å². The number of hydrogen-bond acceptors (Lipinski definition) is 3. The van der Waals surface area contributed by atoms with E-state index in [4.69, 9.17) is 10.7 Å². The lowest BCUT2D eigenvalue weighted by molar-refractivity contribution is -0.119. The Labute approximate surface area is 153 Å². The van der Waals surface area contributed by atoms with Gasteiger partial charge in [-0.3, -0.25) is 14.7 Å². The van der Waals surface area contributed by atoms with Crippen LogP contribution in [0, 0.1) is 11.8 Å². The number of rotatable bonds is 7. The molecule has 0 bridgehead atoms. The Balaban J connectivity index is 1.96. The van der Waals surface area contributed by atoms with Gasteiger partial charge in [0.25, 0.3) is 0 Å². The molecule has 2 aliphatic heterocycles. The number of carbonyl (C=O) groups is 1. The van der Waals surface area contributed by atoms with Crippen molar-refractivity contribution in [2.45, 2.75) is 58.9 Å². The van der Waals surface area contributed by atoms with Gasteiger partial charge in [0, 0.05) is 38.6 Å². The molecular weight excluding hydrogens is 314 g/mol. The largest absolute Gasteiger partial charge is 0.370 e. The summed E-state index contributed by atoms with van der Waals surface area (Å²) in [6.45, 7) is 12.7. The summed E-state index contributed by atoms with van der Waals surface area (Å²) in [6, 6.07) is 0.572. The molecule has 1 unspecified atom stereocenters. The van der Waals surface area contributed by atoms with E-state index in [2.05, 4.69) is 35.9 Å². The zero-order valence-corrected chi connectivity index (χ0v) is 16.3. The van der Waals surface area contributed by atoms with Crippen LogP contribution in [-0.4, -0.2) is 67.0 Å². The molecule has 0 aliphatic carbocycles. The summed E-state index contributed by atoms with van der Waals surface area (Å²) in [6.07, 6.45) is 5.21. The standard InChI is InChI=1S/C19H37N5O/c1-4-21-19(24-10-5-7-16(14-24)11-18(20)25)22-12-17-8-6-9-23(17)13-15(2)3/h15-17H,4-14H2,1-3H3,(H2,20,25)(H,21,22)/t16?,17-/m1/s1. The molecule has 3 N–H and O–H groups in total. The summed E-state index contributed by atoms with van der Waals surface area (Å²) in [7, 11) is 0. The van der Waals surface area contributed by atoms with Crippen LogP contribution in [0.2, 0.25) is 0 Å². The van der Waals surface area contributed by atoms with Crippen LogP contribution in [0.25, 0.3) is 0 Å². The smallest absolute Gasteiger partial charge is 0.217 e. The number of nitrogens with zero attached hydrogens (tertiary/aromatic N) is 3. The van der Waals surface area contributed by atoms with E-state index in [1.165, 1.54) is 25.9 Å². The van der Waals surface area contributed by atoms with Gasteiger partial charge in [0.1, 0.15) is 0 Å². The van der Waals surface area contributed by atoms with Crippen LogP contribution < -0.4 is 11.1 Å². The number of amides is 1. The highest BCUT2D eigenvalue weighted by molar-refractivity contribution is 5.80. The molecule has 6 heteroatoms. The molecule has 2 rings (SSSR count). The van der Waals surface area contributed by atoms with Gasteiger partial charge in [-0.05, 0) is 51.0 Å². The van der Waals surface area contributed by atoms with Crippen LogP contribution in [0.5, 0.6) is 0 Å². The molecule has 0 radical (unpaired) electrons. The van der Waals surface area contributed by atoms with Gasteiger partial charge in [-0.15, -0.1) is 0 Å². The van der Waals surface area contributed by atoms with Crippen LogP contribution in [0.15, 0.2) is 4.99 Å². The molecule has 2 saturated heterocycles. The van der Waals surface area contributed by atoms with Gasteiger partial charge < -0.3 is 16.0 Å². The Morgan fingerprint density at radius 2 is 2.04 bits per heavy atom. The average molecular weight is 352 g/mol. The maximum Gasteiger partial charge on any atom is 0.217 e. The monoisotopic (exact) mass is 351 g/mol. The number of guanidine groups is 1.